The highest BCUT2D eigenvalue weighted by Gasteiger charge is 2.23. The number of hydrogen-bond donors (Lipinski definition) is 0. The molecule has 0 radical (unpaired) electrons. The minimum atomic E-state index is -0.143. The SMILES string of the molecule is CC.Fc1cccc(C2CCC(OCc3ncccc3Br)CC2)c1. The van der Waals surface area contributed by atoms with Crippen molar-refractivity contribution in [3.05, 3.63) is 64.1 Å². The average molecular weight is 394 g/mol. The van der Waals surface area contributed by atoms with E-state index >= 15 is 0 Å². The van der Waals surface area contributed by atoms with Gasteiger partial charge in [0.05, 0.1) is 18.4 Å². The maximum atomic E-state index is 13.3. The molecule has 0 saturated heterocycles. The standard InChI is InChI=1S/C18H19BrFNO.C2H6/c19-17-5-2-10-21-18(17)12-22-16-8-6-13(7-9-16)14-3-1-4-15(20)11-14;1-2/h1-5,10-11,13,16H,6-9,12H2;1-2H3. The molecule has 1 fully saturated rings. The lowest BCUT2D eigenvalue weighted by molar-refractivity contribution is 0.0115. The van der Waals surface area contributed by atoms with Crippen LogP contribution in [0.3, 0.4) is 0 Å². The summed E-state index contributed by atoms with van der Waals surface area (Å²) in [7, 11) is 0. The van der Waals surface area contributed by atoms with Crippen molar-refractivity contribution in [1.29, 1.82) is 0 Å². The van der Waals surface area contributed by atoms with Crippen LogP contribution in [0.1, 0.15) is 56.7 Å². The maximum absolute atomic E-state index is 13.3. The normalized spacial score (nSPS) is 20.2. The predicted molar refractivity (Wildman–Crippen MR) is 99.5 cm³/mol. The van der Waals surface area contributed by atoms with Gasteiger partial charge in [-0.25, -0.2) is 4.39 Å². The summed E-state index contributed by atoms with van der Waals surface area (Å²) in [5, 5.41) is 0. The molecule has 1 aromatic heterocycles. The lowest BCUT2D eigenvalue weighted by Crippen LogP contribution is -2.21. The van der Waals surface area contributed by atoms with Crippen LogP contribution in [0, 0.1) is 5.82 Å². The van der Waals surface area contributed by atoms with Gasteiger partial charge in [0.15, 0.2) is 0 Å². The summed E-state index contributed by atoms with van der Waals surface area (Å²) in [6, 6.07) is 10.9. The van der Waals surface area contributed by atoms with Crippen LogP contribution in [0.5, 0.6) is 0 Å². The molecular weight excluding hydrogens is 369 g/mol. The number of ether oxygens (including phenoxy) is 1. The zero-order chi connectivity index (χ0) is 17.4. The molecule has 0 amide bonds. The molecule has 0 bridgehead atoms. The molecule has 24 heavy (non-hydrogen) atoms. The van der Waals surface area contributed by atoms with Gasteiger partial charge in [-0.2, -0.15) is 0 Å². The number of hydrogen-bond acceptors (Lipinski definition) is 2. The quantitative estimate of drug-likeness (QED) is 0.611. The molecule has 0 atom stereocenters. The number of pyridine rings is 1. The van der Waals surface area contributed by atoms with Crippen LogP contribution in [-0.4, -0.2) is 11.1 Å². The van der Waals surface area contributed by atoms with Gasteiger partial charge in [0.1, 0.15) is 5.82 Å². The van der Waals surface area contributed by atoms with Crippen molar-refractivity contribution in [2.45, 2.75) is 58.2 Å². The Morgan fingerprint density at radius 3 is 2.54 bits per heavy atom. The average Bonchev–Trinajstić information content (AvgIpc) is 2.63. The van der Waals surface area contributed by atoms with Crippen molar-refractivity contribution in [3.8, 4) is 0 Å². The number of halogens is 2. The Kier molecular flexibility index (Phi) is 7.86. The van der Waals surface area contributed by atoms with Crippen molar-refractivity contribution in [1.82, 2.24) is 4.98 Å². The van der Waals surface area contributed by atoms with E-state index in [-0.39, 0.29) is 11.9 Å². The van der Waals surface area contributed by atoms with Crippen molar-refractivity contribution >= 4 is 15.9 Å². The van der Waals surface area contributed by atoms with Gasteiger partial charge in [-0.1, -0.05) is 26.0 Å². The summed E-state index contributed by atoms with van der Waals surface area (Å²) in [6.45, 7) is 4.54. The third-order valence-electron chi connectivity index (χ3n) is 4.28. The summed E-state index contributed by atoms with van der Waals surface area (Å²) in [4.78, 5) is 4.32. The van der Waals surface area contributed by atoms with Crippen molar-refractivity contribution in [2.24, 2.45) is 0 Å². The van der Waals surface area contributed by atoms with Crippen LogP contribution in [0.15, 0.2) is 47.1 Å². The Labute approximate surface area is 152 Å². The first-order valence-electron chi connectivity index (χ1n) is 8.69. The highest BCUT2D eigenvalue weighted by Crippen LogP contribution is 2.34. The summed E-state index contributed by atoms with van der Waals surface area (Å²) < 4.78 is 20.3. The third-order valence-corrected chi connectivity index (χ3v) is 5.01. The molecular formula is C20H25BrFNO. The first-order valence-corrected chi connectivity index (χ1v) is 9.48. The van der Waals surface area contributed by atoms with Crippen molar-refractivity contribution in [2.75, 3.05) is 0 Å². The van der Waals surface area contributed by atoms with Gasteiger partial charge < -0.3 is 4.74 Å². The van der Waals surface area contributed by atoms with Crippen LogP contribution in [0.2, 0.25) is 0 Å². The third kappa shape index (κ3) is 5.38. The molecule has 1 saturated carbocycles. The van der Waals surface area contributed by atoms with Crippen LogP contribution in [-0.2, 0) is 11.3 Å². The molecule has 4 heteroatoms. The van der Waals surface area contributed by atoms with Crippen LogP contribution < -0.4 is 0 Å². The van der Waals surface area contributed by atoms with E-state index in [1.54, 1.807) is 18.3 Å². The van der Waals surface area contributed by atoms with Gasteiger partial charge in [0, 0.05) is 10.7 Å². The summed E-state index contributed by atoms with van der Waals surface area (Å²) in [6.07, 6.45) is 6.20. The van der Waals surface area contributed by atoms with E-state index in [1.165, 1.54) is 6.07 Å². The van der Waals surface area contributed by atoms with Crippen LogP contribution in [0.4, 0.5) is 4.39 Å². The minimum Gasteiger partial charge on any atom is -0.372 e. The zero-order valence-electron chi connectivity index (χ0n) is 14.3. The number of aromatic nitrogens is 1. The van der Waals surface area contributed by atoms with Crippen LogP contribution in [0.25, 0.3) is 0 Å². The van der Waals surface area contributed by atoms with E-state index in [4.69, 9.17) is 4.74 Å². The number of benzene rings is 1. The fourth-order valence-corrected chi connectivity index (χ4v) is 3.41. The van der Waals surface area contributed by atoms with Crippen LogP contribution >= 0.6 is 15.9 Å². The molecule has 0 aliphatic heterocycles. The second-order valence-corrected chi connectivity index (χ2v) is 6.63. The summed E-state index contributed by atoms with van der Waals surface area (Å²) in [5.41, 5.74) is 2.06. The Balaban J connectivity index is 0.00000100. The zero-order valence-corrected chi connectivity index (χ0v) is 15.9. The molecule has 0 N–H and O–H groups in total. The smallest absolute Gasteiger partial charge is 0.123 e. The van der Waals surface area contributed by atoms with Crippen molar-refractivity contribution in [3.63, 3.8) is 0 Å². The first-order chi connectivity index (χ1) is 11.7. The predicted octanol–water partition coefficient (Wildman–Crippen LogP) is 6.25. The van der Waals surface area contributed by atoms with E-state index in [9.17, 15) is 4.39 Å². The second-order valence-electron chi connectivity index (χ2n) is 5.77. The van der Waals surface area contributed by atoms with Gasteiger partial charge in [-0.15, -0.1) is 0 Å². The monoisotopic (exact) mass is 393 g/mol. The summed E-state index contributed by atoms with van der Waals surface area (Å²) >= 11 is 3.49. The molecule has 2 aromatic rings. The highest BCUT2D eigenvalue weighted by molar-refractivity contribution is 9.10. The van der Waals surface area contributed by atoms with E-state index in [1.807, 2.05) is 32.0 Å². The Bertz CT molecular complexity index is 627. The fourth-order valence-electron chi connectivity index (χ4n) is 3.04. The molecule has 1 aromatic carbocycles. The highest BCUT2D eigenvalue weighted by atomic mass is 79.9. The van der Waals surface area contributed by atoms with Gasteiger partial charge in [-0.3, -0.25) is 4.98 Å². The second kappa shape index (κ2) is 9.90. The van der Waals surface area contributed by atoms with Gasteiger partial charge >= 0.3 is 0 Å². The molecule has 0 unspecified atom stereocenters. The molecule has 1 aliphatic carbocycles. The van der Waals surface area contributed by atoms with E-state index in [2.05, 4.69) is 20.9 Å². The molecule has 2 nitrogen and oxygen atoms in total. The Morgan fingerprint density at radius 1 is 1.12 bits per heavy atom. The van der Waals surface area contributed by atoms with E-state index in [0.717, 1.165) is 41.4 Å². The van der Waals surface area contributed by atoms with Gasteiger partial charge in [0.2, 0.25) is 0 Å². The first kappa shape index (κ1) is 19.1. The molecule has 1 heterocycles. The molecule has 0 spiro atoms. The minimum absolute atomic E-state index is 0.143. The lowest BCUT2D eigenvalue weighted by Gasteiger charge is -2.28. The Morgan fingerprint density at radius 2 is 1.88 bits per heavy atom. The topological polar surface area (TPSA) is 22.1 Å². The molecule has 130 valence electrons. The van der Waals surface area contributed by atoms with Gasteiger partial charge in [0.25, 0.3) is 0 Å². The van der Waals surface area contributed by atoms with Crippen molar-refractivity contribution < 1.29 is 9.13 Å². The largest absolute Gasteiger partial charge is 0.372 e. The van der Waals surface area contributed by atoms with Gasteiger partial charge in [-0.05, 0) is 77.4 Å². The maximum Gasteiger partial charge on any atom is 0.123 e. The lowest BCUT2D eigenvalue weighted by atomic mass is 9.83. The number of nitrogens with zero attached hydrogens (tertiary/aromatic N) is 1. The molecule has 1 aliphatic rings. The van der Waals surface area contributed by atoms with E-state index in [0.29, 0.717) is 12.5 Å². The molecule has 3 rings (SSSR count). The number of rotatable bonds is 4. The Hall–Kier alpha value is -1.26. The summed E-state index contributed by atoms with van der Waals surface area (Å²) in [5.74, 6) is 0.313. The fraction of sp³-hybridized carbons (Fsp3) is 0.450. The van der Waals surface area contributed by atoms with E-state index < -0.39 is 0 Å².